The van der Waals surface area contributed by atoms with Gasteiger partial charge in [0.05, 0.1) is 10.6 Å². The first kappa shape index (κ1) is 15.0. The Hall–Kier alpha value is -2.44. The zero-order valence-corrected chi connectivity index (χ0v) is 11.4. The summed E-state index contributed by atoms with van der Waals surface area (Å²) in [4.78, 5) is 22.6. The van der Waals surface area contributed by atoms with Crippen LogP contribution in [0.2, 0.25) is 0 Å². The number of carbonyl (C=O) groups is 1. The van der Waals surface area contributed by atoms with E-state index in [2.05, 4.69) is 10.6 Å². The summed E-state index contributed by atoms with van der Waals surface area (Å²) in [5, 5.41) is 16.6. The van der Waals surface area contributed by atoms with Crippen molar-refractivity contribution in [3.05, 3.63) is 51.6 Å². The first-order valence-electron chi connectivity index (χ1n) is 6.76. The van der Waals surface area contributed by atoms with Gasteiger partial charge in [0.1, 0.15) is 5.82 Å². The molecule has 6 nitrogen and oxygen atoms in total. The molecule has 1 heterocycles. The van der Waals surface area contributed by atoms with Crippen molar-refractivity contribution in [2.24, 2.45) is 0 Å². The second kappa shape index (κ2) is 6.83. The second-order valence-corrected chi connectivity index (χ2v) is 4.78. The molecule has 21 heavy (non-hydrogen) atoms. The van der Waals surface area contributed by atoms with E-state index in [-0.39, 0.29) is 0 Å². The van der Waals surface area contributed by atoms with Gasteiger partial charge in [-0.3, -0.25) is 14.9 Å². The molecule has 1 saturated heterocycles. The standard InChI is InChI=1S/C14H16FN3O3/c15-10-5-7-11(8-6-10)17-14(19)13(18(20)21)12-4-2-1-3-9-16-12/h5-8,16H,1-4,9H2,(H,17,19)/b13-12-. The number of rotatable bonds is 3. The van der Waals surface area contributed by atoms with Gasteiger partial charge in [-0.2, -0.15) is 0 Å². The van der Waals surface area contributed by atoms with Crippen LogP contribution in [0.5, 0.6) is 0 Å². The number of allylic oxidation sites excluding steroid dienone is 1. The van der Waals surface area contributed by atoms with Crippen LogP contribution >= 0.6 is 0 Å². The molecule has 0 spiro atoms. The predicted molar refractivity (Wildman–Crippen MR) is 75.5 cm³/mol. The van der Waals surface area contributed by atoms with E-state index in [4.69, 9.17) is 0 Å². The summed E-state index contributed by atoms with van der Waals surface area (Å²) >= 11 is 0. The van der Waals surface area contributed by atoms with Crippen LogP contribution in [0.15, 0.2) is 35.7 Å². The average Bonchev–Trinajstić information content (AvgIpc) is 2.70. The molecule has 1 aliphatic heterocycles. The highest BCUT2D eigenvalue weighted by Gasteiger charge is 2.28. The molecule has 0 aromatic heterocycles. The Kier molecular flexibility index (Phi) is 4.86. The van der Waals surface area contributed by atoms with E-state index in [9.17, 15) is 19.3 Å². The minimum absolute atomic E-state index is 0.315. The van der Waals surface area contributed by atoms with Crippen molar-refractivity contribution in [3.8, 4) is 0 Å². The summed E-state index contributed by atoms with van der Waals surface area (Å²) in [6, 6.07) is 5.07. The van der Waals surface area contributed by atoms with Gasteiger partial charge < -0.3 is 10.6 Å². The third kappa shape index (κ3) is 4.01. The van der Waals surface area contributed by atoms with E-state index < -0.39 is 22.3 Å². The van der Waals surface area contributed by atoms with Crippen LogP contribution in [0.4, 0.5) is 10.1 Å². The maximum absolute atomic E-state index is 12.8. The predicted octanol–water partition coefficient (Wildman–Crippen LogP) is 2.42. The van der Waals surface area contributed by atoms with E-state index in [1.165, 1.54) is 24.3 Å². The normalized spacial score (nSPS) is 17.4. The number of anilines is 1. The molecule has 2 N–H and O–H groups in total. The van der Waals surface area contributed by atoms with Crippen LogP contribution < -0.4 is 10.6 Å². The molecule has 0 aliphatic carbocycles. The van der Waals surface area contributed by atoms with Crippen molar-refractivity contribution < 1.29 is 14.1 Å². The molecular weight excluding hydrogens is 277 g/mol. The minimum atomic E-state index is -0.795. The van der Waals surface area contributed by atoms with Gasteiger partial charge in [-0.25, -0.2) is 4.39 Å². The molecule has 1 aliphatic rings. The zero-order valence-electron chi connectivity index (χ0n) is 11.4. The topological polar surface area (TPSA) is 84.3 Å². The lowest BCUT2D eigenvalue weighted by atomic mass is 10.1. The van der Waals surface area contributed by atoms with E-state index in [1.54, 1.807) is 0 Å². The fraction of sp³-hybridized carbons (Fsp3) is 0.357. The van der Waals surface area contributed by atoms with Gasteiger partial charge in [-0.15, -0.1) is 0 Å². The van der Waals surface area contributed by atoms with Crippen LogP contribution in [0.25, 0.3) is 0 Å². The Morgan fingerprint density at radius 1 is 1.24 bits per heavy atom. The van der Waals surface area contributed by atoms with E-state index in [0.29, 0.717) is 24.4 Å². The van der Waals surface area contributed by atoms with Crippen LogP contribution in [-0.4, -0.2) is 17.4 Å². The number of nitrogens with zero attached hydrogens (tertiary/aromatic N) is 1. The summed E-state index contributed by atoms with van der Waals surface area (Å²) in [6.07, 6.45) is 3.19. The van der Waals surface area contributed by atoms with Gasteiger partial charge >= 0.3 is 11.6 Å². The number of hydrogen-bond donors (Lipinski definition) is 2. The van der Waals surface area contributed by atoms with E-state index in [0.717, 1.165) is 19.3 Å². The number of nitro groups is 1. The Bertz CT molecular complexity index is 559. The number of benzene rings is 1. The van der Waals surface area contributed by atoms with Crippen molar-refractivity contribution in [2.45, 2.75) is 25.7 Å². The van der Waals surface area contributed by atoms with Crippen LogP contribution in [0.3, 0.4) is 0 Å². The third-order valence-corrected chi connectivity index (χ3v) is 3.23. The molecule has 0 bridgehead atoms. The van der Waals surface area contributed by atoms with Crippen molar-refractivity contribution in [2.75, 3.05) is 11.9 Å². The molecule has 0 atom stereocenters. The van der Waals surface area contributed by atoms with E-state index >= 15 is 0 Å². The maximum Gasteiger partial charge on any atom is 0.352 e. The highest BCUT2D eigenvalue weighted by molar-refractivity contribution is 6.02. The molecule has 1 aromatic carbocycles. The summed E-state index contributed by atoms with van der Waals surface area (Å²) in [5.74, 6) is -1.23. The number of hydrogen-bond acceptors (Lipinski definition) is 4. The van der Waals surface area contributed by atoms with Crippen molar-refractivity contribution >= 4 is 11.6 Å². The molecule has 0 saturated carbocycles. The molecule has 1 aromatic rings. The van der Waals surface area contributed by atoms with Gasteiger partial charge in [0.2, 0.25) is 0 Å². The first-order valence-corrected chi connectivity index (χ1v) is 6.76. The lowest BCUT2D eigenvalue weighted by Gasteiger charge is -2.09. The highest BCUT2D eigenvalue weighted by Crippen LogP contribution is 2.17. The van der Waals surface area contributed by atoms with Crippen LogP contribution in [0.1, 0.15) is 25.7 Å². The second-order valence-electron chi connectivity index (χ2n) is 4.78. The van der Waals surface area contributed by atoms with Gasteiger partial charge in [0, 0.05) is 12.2 Å². The molecule has 1 fully saturated rings. The highest BCUT2D eigenvalue weighted by atomic mass is 19.1. The number of amides is 1. The molecule has 1 amide bonds. The third-order valence-electron chi connectivity index (χ3n) is 3.23. The van der Waals surface area contributed by atoms with Gasteiger partial charge in [0.25, 0.3) is 0 Å². The smallest absolute Gasteiger partial charge is 0.352 e. The Labute approximate surface area is 121 Å². The Balaban J connectivity index is 2.21. The molecule has 2 rings (SSSR count). The SMILES string of the molecule is O=C(Nc1ccc(F)cc1)/C(=C1\CCCCCN1)[N+](=O)[O-]. The largest absolute Gasteiger partial charge is 0.383 e. The van der Waals surface area contributed by atoms with Crippen LogP contribution in [-0.2, 0) is 4.79 Å². The zero-order chi connectivity index (χ0) is 15.2. The van der Waals surface area contributed by atoms with Crippen molar-refractivity contribution in [1.82, 2.24) is 5.32 Å². The average molecular weight is 293 g/mol. The number of halogens is 1. The molecule has 0 unspecified atom stereocenters. The number of carbonyl (C=O) groups excluding carboxylic acids is 1. The van der Waals surface area contributed by atoms with Gasteiger partial charge in [-0.1, -0.05) is 6.42 Å². The Morgan fingerprint density at radius 2 is 1.95 bits per heavy atom. The van der Waals surface area contributed by atoms with Gasteiger partial charge in [-0.05, 0) is 43.5 Å². The molecule has 112 valence electrons. The van der Waals surface area contributed by atoms with Gasteiger partial charge in [0.15, 0.2) is 0 Å². The van der Waals surface area contributed by atoms with Crippen molar-refractivity contribution in [3.63, 3.8) is 0 Å². The Morgan fingerprint density at radius 3 is 2.62 bits per heavy atom. The summed E-state index contributed by atoms with van der Waals surface area (Å²) < 4.78 is 12.8. The monoisotopic (exact) mass is 293 g/mol. The number of nitrogens with one attached hydrogen (secondary N) is 2. The lowest BCUT2D eigenvalue weighted by Crippen LogP contribution is -2.26. The minimum Gasteiger partial charge on any atom is -0.383 e. The lowest BCUT2D eigenvalue weighted by molar-refractivity contribution is -0.420. The first-order chi connectivity index (χ1) is 10.1. The summed E-state index contributed by atoms with van der Waals surface area (Å²) in [7, 11) is 0. The maximum atomic E-state index is 12.8. The quantitative estimate of drug-likeness (QED) is 0.509. The summed E-state index contributed by atoms with van der Waals surface area (Å²) in [6.45, 7) is 0.622. The molecule has 0 radical (unpaired) electrons. The summed E-state index contributed by atoms with van der Waals surface area (Å²) in [5.41, 5.74) is 0.202. The fourth-order valence-corrected chi connectivity index (χ4v) is 2.19. The fourth-order valence-electron chi connectivity index (χ4n) is 2.19. The van der Waals surface area contributed by atoms with E-state index in [1.807, 2.05) is 0 Å². The van der Waals surface area contributed by atoms with Crippen molar-refractivity contribution in [1.29, 1.82) is 0 Å². The van der Waals surface area contributed by atoms with Crippen LogP contribution in [0, 0.1) is 15.9 Å². The molecular formula is C14H16FN3O3. The molecule has 7 heteroatoms.